The molecule has 1 fully saturated rings. The summed E-state index contributed by atoms with van der Waals surface area (Å²) in [5, 5.41) is 17.0. The minimum Gasteiger partial charge on any atom is -0.481 e. The average Bonchev–Trinajstić information content (AvgIpc) is 3.41. The van der Waals surface area contributed by atoms with Gasteiger partial charge in [0.25, 0.3) is 0 Å². The summed E-state index contributed by atoms with van der Waals surface area (Å²) < 4.78 is 9.60. The van der Waals surface area contributed by atoms with Gasteiger partial charge in [0.1, 0.15) is 24.2 Å². The molecule has 236 valence electrons. The predicted octanol–water partition coefficient (Wildman–Crippen LogP) is 0.435. The third-order valence-corrected chi connectivity index (χ3v) is 6.47. The van der Waals surface area contributed by atoms with E-state index in [-0.39, 0.29) is 38.3 Å². The van der Waals surface area contributed by atoms with Gasteiger partial charge in [0.15, 0.2) is 0 Å². The number of carboxylic acids is 1. The first-order valence-corrected chi connectivity index (χ1v) is 14.1. The molecular formula is C28H44N4O10. The molecule has 42 heavy (non-hydrogen) atoms. The minimum absolute atomic E-state index is 0.0727. The van der Waals surface area contributed by atoms with E-state index < -0.39 is 72.1 Å². The Morgan fingerprint density at radius 1 is 1.00 bits per heavy atom. The summed E-state index contributed by atoms with van der Waals surface area (Å²) in [6.45, 7) is 7.04. The van der Waals surface area contributed by atoms with E-state index >= 15 is 0 Å². The molecule has 0 bridgehead atoms. The van der Waals surface area contributed by atoms with Crippen molar-refractivity contribution in [1.29, 1.82) is 0 Å². The molecule has 0 aliphatic carbocycles. The smallest absolute Gasteiger partial charge is 0.330 e. The van der Waals surface area contributed by atoms with Crippen LogP contribution in [0.1, 0.15) is 72.6 Å². The SMILES string of the molecule is CCOC(=O)/C=C/CC[C@H](NC(C)=O)C(=O)N[C@@H](CCC(=O)O)C(=O)N1CCC[C@H]1C(=O)N[C@@H](CC(C)C)C(=O)OC. The number of esters is 2. The standard InChI is InChI=1S/C28H44N4O10/c1-6-42-24(36)12-8-7-10-19(29-18(4)33)25(37)30-20(13-14-23(34)35)27(39)32-15-9-11-22(32)26(38)31-21(16-17(2)3)28(40)41-5/h8,12,17,19-22H,6-7,9-11,13-16H2,1-5H3,(H,29,33)(H,30,37)(H,31,38)(H,34,35)/b12-8+/t19-,20-,21-,22-/m0/s1. The van der Waals surface area contributed by atoms with Crippen LogP contribution in [0.25, 0.3) is 0 Å². The van der Waals surface area contributed by atoms with E-state index in [0.29, 0.717) is 19.3 Å². The highest BCUT2D eigenvalue weighted by atomic mass is 16.5. The molecule has 1 saturated heterocycles. The first kappa shape index (κ1) is 36.1. The zero-order valence-electron chi connectivity index (χ0n) is 25.0. The Morgan fingerprint density at radius 2 is 1.69 bits per heavy atom. The Morgan fingerprint density at radius 3 is 2.26 bits per heavy atom. The summed E-state index contributed by atoms with van der Waals surface area (Å²) in [5.41, 5.74) is 0. The van der Waals surface area contributed by atoms with E-state index in [2.05, 4.69) is 16.0 Å². The number of nitrogens with one attached hydrogen (secondary N) is 3. The normalized spacial score (nSPS) is 16.8. The van der Waals surface area contributed by atoms with Crippen molar-refractivity contribution >= 4 is 41.5 Å². The molecule has 0 radical (unpaired) electrons. The molecule has 0 aromatic heterocycles. The molecule has 1 aliphatic rings. The summed E-state index contributed by atoms with van der Waals surface area (Å²) in [5.74, 6) is -4.70. The molecule has 4 N–H and O–H groups in total. The summed E-state index contributed by atoms with van der Waals surface area (Å²) in [6, 6.07) is -4.21. The second kappa shape index (κ2) is 18.5. The fourth-order valence-corrected chi connectivity index (χ4v) is 4.54. The second-order valence-electron chi connectivity index (χ2n) is 10.4. The Bertz CT molecular complexity index is 1010. The van der Waals surface area contributed by atoms with Crippen molar-refractivity contribution in [3.05, 3.63) is 12.2 Å². The van der Waals surface area contributed by atoms with E-state index in [1.807, 2.05) is 13.8 Å². The van der Waals surface area contributed by atoms with Crippen molar-refractivity contribution in [2.45, 2.75) is 96.8 Å². The van der Waals surface area contributed by atoms with Crippen LogP contribution in [0.15, 0.2) is 12.2 Å². The van der Waals surface area contributed by atoms with Crippen molar-refractivity contribution in [1.82, 2.24) is 20.9 Å². The minimum atomic E-state index is -1.29. The van der Waals surface area contributed by atoms with Gasteiger partial charge in [0.05, 0.1) is 13.7 Å². The lowest BCUT2D eigenvalue weighted by Gasteiger charge is -2.30. The highest BCUT2D eigenvalue weighted by Gasteiger charge is 2.39. The van der Waals surface area contributed by atoms with Crippen LogP contribution in [0, 0.1) is 5.92 Å². The van der Waals surface area contributed by atoms with Crippen LogP contribution < -0.4 is 16.0 Å². The maximum Gasteiger partial charge on any atom is 0.330 e. The number of likely N-dealkylation sites (tertiary alicyclic amines) is 1. The molecule has 0 spiro atoms. The Labute approximate surface area is 245 Å². The maximum atomic E-state index is 13.6. The van der Waals surface area contributed by atoms with E-state index in [4.69, 9.17) is 9.47 Å². The number of rotatable bonds is 17. The fraction of sp³-hybridized carbons (Fsp3) is 0.679. The first-order chi connectivity index (χ1) is 19.8. The van der Waals surface area contributed by atoms with E-state index in [9.17, 15) is 38.7 Å². The van der Waals surface area contributed by atoms with Crippen LogP contribution in [0.3, 0.4) is 0 Å². The number of allylic oxidation sites excluding steroid dienone is 1. The Balaban J connectivity index is 3.08. The lowest BCUT2D eigenvalue weighted by atomic mass is 10.0. The number of ether oxygens (including phenoxy) is 2. The molecule has 0 unspecified atom stereocenters. The van der Waals surface area contributed by atoms with Gasteiger partial charge in [-0.15, -0.1) is 0 Å². The molecular weight excluding hydrogens is 552 g/mol. The van der Waals surface area contributed by atoms with Gasteiger partial charge in [-0.25, -0.2) is 9.59 Å². The third-order valence-electron chi connectivity index (χ3n) is 6.47. The number of hydrogen-bond acceptors (Lipinski definition) is 9. The number of carbonyl (C=O) groups excluding carboxylic acids is 6. The Hall–Kier alpha value is -3.97. The van der Waals surface area contributed by atoms with Crippen molar-refractivity contribution in [3.63, 3.8) is 0 Å². The molecule has 1 rings (SSSR count). The fourth-order valence-electron chi connectivity index (χ4n) is 4.54. The summed E-state index contributed by atoms with van der Waals surface area (Å²) in [4.78, 5) is 88.0. The highest BCUT2D eigenvalue weighted by Crippen LogP contribution is 2.21. The number of carboxylic acid groups (broad SMARTS) is 1. The van der Waals surface area contributed by atoms with Crippen molar-refractivity contribution in [2.24, 2.45) is 5.92 Å². The molecule has 0 saturated carbocycles. The second-order valence-corrected chi connectivity index (χ2v) is 10.4. The van der Waals surface area contributed by atoms with Gasteiger partial charge < -0.3 is 35.4 Å². The number of carbonyl (C=O) groups is 7. The monoisotopic (exact) mass is 596 g/mol. The number of amides is 4. The van der Waals surface area contributed by atoms with Gasteiger partial charge in [-0.3, -0.25) is 24.0 Å². The molecule has 14 heteroatoms. The average molecular weight is 597 g/mol. The lowest BCUT2D eigenvalue weighted by molar-refractivity contribution is -0.147. The van der Waals surface area contributed by atoms with Crippen LogP contribution >= 0.6 is 0 Å². The van der Waals surface area contributed by atoms with Gasteiger partial charge in [-0.05, 0) is 51.4 Å². The van der Waals surface area contributed by atoms with E-state index in [1.165, 1.54) is 31.1 Å². The van der Waals surface area contributed by atoms with Crippen LogP contribution in [0.4, 0.5) is 0 Å². The van der Waals surface area contributed by atoms with Gasteiger partial charge in [0.2, 0.25) is 23.6 Å². The van der Waals surface area contributed by atoms with Crippen LogP contribution in [0.2, 0.25) is 0 Å². The van der Waals surface area contributed by atoms with Gasteiger partial charge in [0, 0.05) is 26.0 Å². The van der Waals surface area contributed by atoms with Crippen LogP contribution in [0.5, 0.6) is 0 Å². The number of methoxy groups -OCH3 is 1. The van der Waals surface area contributed by atoms with Crippen LogP contribution in [-0.4, -0.2) is 96.0 Å². The number of aliphatic carboxylic acids is 1. The molecule has 14 nitrogen and oxygen atoms in total. The summed E-state index contributed by atoms with van der Waals surface area (Å²) in [6.07, 6.45) is 3.43. The molecule has 4 atom stereocenters. The molecule has 1 heterocycles. The lowest BCUT2D eigenvalue weighted by Crippen LogP contribution is -2.57. The van der Waals surface area contributed by atoms with Gasteiger partial charge in [-0.2, -0.15) is 0 Å². The largest absolute Gasteiger partial charge is 0.481 e. The topological polar surface area (TPSA) is 198 Å². The zero-order valence-corrected chi connectivity index (χ0v) is 25.0. The van der Waals surface area contributed by atoms with Crippen molar-refractivity contribution < 1.29 is 48.1 Å². The maximum absolute atomic E-state index is 13.6. The quantitative estimate of drug-likeness (QED) is 0.135. The summed E-state index contributed by atoms with van der Waals surface area (Å²) >= 11 is 0. The Kier molecular flexibility index (Phi) is 15.8. The van der Waals surface area contributed by atoms with Gasteiger partial charge in [-0.1, -0.05) is 19.9 Å². The number of nitrogens with zero attached hydrogens (tertiary/aromatic N) is 1. The van der Waals surface area contributed by atoms with Crippen molar-refractivity contribution in [3.8, 4) is 0 Å². The highest BCUT2D eigenvalue weighted by molar-refractivity contribution is 5.95. The molecule has 0 aromatic rings. The molecule has 0 aromatic carbocycles. The molecule has 4 amide bonds. The number of hydrogen-bond donors (Lipinski definition) is 4. The van der Waals surface area contributed by atoms with E-state index in [1.54, 1.807) is 6.92 Å². The first-order valence-electron chi connectivity index (χ1n) is 14.1. The van der Waals surface area contributed by atoms with Gasteiger partial charge >= 0.3 is 17.9 Å². The van der Waals surface area contributed by atoms with Crippen LogP contribution in [-0.2, 0) is 43.0 Å². The summed E-state index contributed by atoms with van der Waals surface area (Å²) in [7, 11) is 1.22. The zero-order chi connectivity index (χ0) is 31.8. The predicted molar refractivity (Wildman–Crippen MR) is 150 cm³/mol. The van der Waals surface area contributed by atoms with E-state index in [0.717, 1.165) is 0 Å². The molecule has 1 aliphatic heterocycles. The van der Waals surface area contributed by atoms with Crippen molar-refractivity contribution in [2.75, 3.05) is 20.3 Å². The third kappa shape index (κ3) is 12.7.